The molecule has 1 saturated heterocycles. The van der Waals surface area contributed by atoms with Crippen molar-refractivity contribution in [2.24, 2.45) is 4.99 Å². The molecule has 2 heterocycles. The van der Waals surface area contributed by atoms with Crippen LogP contribution in [0.15, 0.2) is 53.5 Å². The number of hydrogen-bond donors (Lipinski definition) is 2. The van der Waals surface area contributed by atoms with E-state index in [1.54, 1.807) is 36.4 Å². The molecule has 0 aromatic heterocycles. The number of aliphatic imine (C=N–C) groups is 1. The quantitative estimate of drug-likeness (QED) is 0.786. The Morgan fingerprint density at radius 2 is 1.67 bits per heavy atom. The Morgan fingerprint density at radius 1 is 1.03 bits per heavy atom. The van der Waals surface area contributed by atoms with Gasteiger partial charge in [0.2, 0.25) is 17.8 Å². The summed E-state index contributed by atoms with van der Waals surface area (Å²) in [7, 11) is 0. The summed E-state index contributed by atoms with van der Waals surface area (Å²) in [5.74, 6) is -0.423. The van der Waals surface area contributed by atoms with E-state index < -0.39 is 6.04 Å². The number of amides is 2. The summed E-state index contributed by atoms with van der Waals surface area (Å²) < 4.78 is 13.1. The van der Waals surface area contributed by atoms with Crippen LogP contribution in [0.25, 0.3) is 0 Å². The van der Waals surface area contributed by atoms with E-state index >= 15 is 0 Å². The van der Waals surface area contributed by atoms with Gasteiger partial charge in [-0.1, -0.05) is 11.6 Å². The average molecular weight is 430 g/mol. The molecular weight excluding hydrogens is 409 g/mol. The lowest BCUT2D eigenvalue weighted by Gasteiger charge is -2.38. The van der Waals surface area contributed by atoms with E-state index in [2.05, 4.69) is 20.5 Å². The summed E-state index contributed by atoms with van der Waals surface area (Å²) in [6, 6.07) is 12.3. The second kappa shape index (κ2) is 8.71. The third kappa shape index (κ3) is 4.71. The highest BCUT2D eigenvalue weighted by Gasteiger charge is 2.30. The Bertz CT molecular complexity index is 956. The van der Waals surface area contributed by atoms with Gasteiger partial charge in [-0.05, 0) is 48.5 Å². The van der Waals surface area contributed by atoms with Gasteiger partial charge in [0.05, 0.1) is 6.42 Å². The van der Waals surface area contributed by atoms with Crippen molar-refractivity contribution >= 4 is 40.7 Å². The Labute approximate surface area is 178 Å². The molecule has 2 amide bonds. The molecule has 2 aliphatic rings. The zero-order valence-electron chi connectivity index (χ0n) is 16.1. The number of halogens is 2. The number of hydrogen-bond acceptors (Lipinski definition) is 5. The van der Waals surface area contributed by atoms with E-state index in [9.17, 15) is 14.0 Å². The van der Waals surface area contributed by atoms with Gasteiger partial charge in [-0.2, -0.15) is 0 Å². The Kier molecular flexibility index (Phi) is 5.85. The fourth-order valence-electron chi connectivity index (χ4n) is 3.48. The molecule has 2 aliphatic heterocycles. The Hall–Kier alpha value is -3.13. The first kappa shape index (κ1) is 20.2. The first-order chi connectivity index (χ1) is 14.5. The highest BCUT2D eigenvalue weighted by atomic mass is 35.5. The maximum atomic E-state index is 13.1. The summed E-state index contributed by atoms with van der Waals surface area (Å²) in [4.78, 5) is 33.4. The largest absolute Gasteiger partial charge is 0.368 e. The smallest absolute Gasteiger partial charge is 0.249 e. The van der Waals surface area contributed by atoms with Crippen LogP contribution in [-0.2, 0) is 9.59 Å². The molecular formula is C21H21ClFN5O2. The molecule has 1 atom stereocenters. The second-order valence-corrected chi connectivity index (χ2v) is 7.60. The van der Waals surface area contributed by atoms with Crippen molar-refractivity contribution in [1.29, 1.82) is 0 Å². The van der Waals surface area contributed by atoms with Gasteiger partial charge < -0.3 is 15.1 Å². The Balaban J connectivity index is 1.40. The van der Waals surface area contributed by atoms with E-state index in [1.807, 2.05) is 4.90 Å². The molecule has 2 N–H and O–H groups in total. The molecule has 0 aliphatic carbocycles. The number of carbonyl (C=O) groups excluding carboxylic acids is 2. The molecule has 1 unspecified atom stereocenters. The molecule has 30 heavy (non-hydrogen) atoms. The minimum absolute atomic E-state index is 0.00152. The second-order valence-electron chi connectivity index (χ2n) is 7.17. The average Bonchev–Trinajstić information content (AvgIpc) is 2.75. The number of piperazine rings is 1. The van der Waals surface area contributed by atoms with Gasteiger partial charge in [0.1, 0.15) is 11.9 Å². The van der Waals surface area contributed by atoms with Gasteiger partial charge in [0, 0.05) is 42.6 Å². The number of rotatable bonds is 3. The van der Waals surface area contributed by atoms with Crippen molar-refractivity contribution in [2.75, 3.05) is 36.4 Å². The van der Waals surface area contributed by atoms with Crippen molar-refractivity contribution < 1.29 is 14.0 Å². The van der Waals surface area contributed by atoms with Crippen LogP contribution in [0.3, 0.4) is 0 Å². The first-order valence-electron chi connectivity index (χ1n) is 9.67. The predicted octanol–water partition coefficient (Wildman–Crippen LogP) is 2.48. The lowest BCUT2D eigenvalue weighted by molar-refractivity contribution is -0.125. The standard InChI is InChI=1S/C21H21ClFN5O2/c22-14-1-5-16(6-2-14)24-20(30)18-13-19(29)26-21(25-18)28-11-9-27(10-12-28)17-7-3-15(23)4-8-17/h1-8,18H,9-13H2,(H,24,30)(H,25,26,29). The fraction of sp³-hybridized carbons (Fsp3) is 0.286. The molecule has 2 aromatic carbocycles. The van der Waals surface area contributed by atoms with Crippen molar-refractivity contribution in [1.82, 2.24) is 10.2 Å². The van der Waals surface area contributed by atoms with Gasteiger partial charge in [-0.3, -0.25) is 14.9 Å². The summed E-state index contributed by atoms with van der Waals surface area (Å²) >= 11 is 5.86. The maximum absolute atomic E-state index is 13.1. The molecule has 0 bridgehead atoms. The highest BCUT2D eigenvalue weighted by Crippen LogP contribution is 2.19. The van der Waals surface area contributed by atoms with Gasteiger partial charge in [0.15, 0.2) is 0 Å². The molecule has 0 saturated carbocycles. The normalized spacial score (nSPS) is 19.2. The number of benzene rings is 2. The minimum Gasteiger partial charge on any atom is -0.368 e. The molecule has 2 aromatic rings. The van der Waals surface area contributed by atoms with Gasteiger partial charge in [-0.15, -0.1) is 0 Å². The summed E-state index contributed by atoms with van der Waals surface area (Å²) in [6.45, 7) is 2.65. The van der Waals surface area contributed by atoms with E-state index in [1.165, 1.54) is 12.1 Å². The molecule has 1 fully saturated rings. The number of nitrogens with zero attached hydrogens (tertiary/aromatic N) is 3. The molecule has 9 heteroatoms. The van der Waals surface area contributed by atoms with Crippen LogP contribution in [-0.4, -0.2) is 54.9 Å². The number of carbonyl (C=O) groups is 2. The van der Waals surface area contributed by atoms with Crippen LogP contribution in [0, 0.1) is 5.82 Å². The third-order valence-electron chi connectivity index (χ3n) is 5.09. The number of guanidine groups is 1. The van der Waals surface area contributed by atoms with Gasteiger partial charge in [-0.25, -0.2) is 9.38 Å². The SMILES string of the molecule is O=C1CC(C(=O)Nc2ccc(Cl)cc2)N=C(N2CCN(c3ccc(F)cc3)CC2)N1. The molecule has 0 spiro atoms. The van der Waals surface area contributed by atoms with Crippen LogP contribution in [0.2, 0.25) is 5.02 Å². The summed E-state index contributed by atoms with van der Waals surface area (Å²) in [5, 5.41) is 6.12. The van der Waals surface area contributed by atoms with E-state index in [0.717, 1.165) is 5.69 Å². The monoisotopic (exact) mass is 429 g/mol. The van der Waals surface area contributed by atoms with Crippen molar-refractivity contribution in [3.63, 3.8) is 0 Å². The third-order valence-corrected chi connectivity index (χ3v) is 5.35. The summed E-state index contributed by atoms with van der Waals surface area (Å²) in [5.41, 5.74) is 1.55. The van der Waals surface area contributed by atoms with Crippen LogP contribution < -0.4 is 15.5 Å². The zero-order chi connectivity index (χ0) is 21.1. The van der Waals surface area contributed by atoms with Crippen molar-refractivity contribution in [2.45, 2.75) is 12.5 Å². The predicted molar refractivity (Wildman–Crippen MR) is 114 cm³/mol. The van der Waals surface area contributed by atoms with E-state index in [-0.39, 0.29) is 24.1 Å². The van der Waals surface area contributed by atoms with Crippen LogP contribution in [0.4, 0.5) is 15.8 Å². The number of anilines is 2. The van der Waals surface area contributed by atoms with Gasteiger partial charge >= 0.3 is 0 Å². The molecule has 4 rings (SSSR count). The topological polar surface area (TPSA) is 77.0 Å². The van der Waals surface area contributed by atoms with Crippen LogP contribution in [0.1, 0.15) is 6.42 Å². The van der Waals surface area contributed by atoms with Crippen molar-refractivity contribution in [3.8, 4) is 0 Å². The van der Waals surface area contributed by atoms with Crippen LogP contribution >= 0.6 is 11.6 Å². The molecule has 156 valence electrons. The maximum Gasteiger partial charge on any atom is 0.249 e. The Morgan fingerprint density at radius 3 is 2.33 bits per heavy atom. The lowest BCUT2D eigenvalue weighted by Crippen LogP contribution is -2.56. The van der Waals surface area contributed by atoms with Crippen molar-refractivity contribution in [3.05, 3.63) is 59.4 Å². The molecule has 0 radical (unpaired) electrons. The zero-order valence-corrected chi connectivity index (χ0v) is 16.9. The number of nitrogens with one attached hydrogen (secondary N) is 2. The lowest BCUT2D eigenvalue weighted by atomic mass is 10.1. The first-order valence-corrected chi connectivity index (χ1v) is 10.1. The van der Waals surface area contributed by atoms with Gasteiger partial charge in [0.25, 0.3) is 0 Å². The minimum atomic E-state index is -0.792. The van der Waals surface area contributed by atoms with E-state index in [4.69, 9.17) is 11.6 Å². The van der Waals surface area contributed by atoms with Crippen LogP contribution in [0.5, 0.6) is 0 Å². The fourth-order valence-corrected chi connectivity index (χ4v) is 3.60. The molecule has 7 nitrogen and oxygen atoms in total. The van der Waals surface area contributed by atoms with E-state index in [0.29, 0.717) is 42.8 Å². The highest BCUT2D eigenvalue weighted by molar-refractivity contribution is 6.30. The summed E-state index contributed by atoms with van der Waals surface area (Å²) in [6.07, 6.45) is -0.00152.